The molecule has 0 bridgehead atoms. The lowest BCUT2D eigenvalue weighted by Gasteiger charge is -2.20. The average Bonchev–Trinajstić information content (AvgIpc) is 2.32. The Hall–Kier alpha value is -0.840. The lowest BCUT2D eigenvalue weighted by molar-refractivity contribution is -0.140. The number of hydrogen-bond acceptors (Lipinski definition) is 2. The highest BCUT2D eigenvalue weighted by Gasteiger charge is 2.30. The molecule has 0 aromatic carbocycles. The van der Waals surface area contributed by atoms with Crippen LogP contribution in [0.5, 0.6) is 0 Å². The smallest absolute Gasteiger partial charge is 0.326 e. The standard InChI is InChI=1S/C6H10N2O2S/c7-6(11)8-3-1-2-4(8)5(9)10/h4H,1-3H2,(H2,7,11)(H,9,10)/t4-/m1/s1. The normalized spacial score (nSPS) is 23.6. The van der Waals surface area contributed by atoms with E-state index in [1.165, 1.54) is 0 Å². The Bertz CT molecular complexity index is 175. The van der Waals surface area contributed by atoms with Crippen molar-refractivity contribution in [2.24, 2.45) is 5.73 Å². The summed E-state index contributed by atoms with van der Waals surface area (Å²) in [6.45, 7) is 0.673. The number of nitrogens with two attached hydrogens (primary N) is 1. The molecule has 0 unspecified atom stereocenters. The SMILES string of the molecule is NC(=S)N1CCC[C@@H]1C(=O)O. The molecule has 1 saturated heterocycles. The molecule has 0 amide bonds. The van der Waals surface area contributed by atoms with Gasteiger partial charge in [-0.1, -0.05) is 0 Å². The minimum absolute atomic E-state index is 0.190. The fourth-order valence-corrected chi connectivity index (χ4v) is 1.51. The first-order chi connectivity index (χ1) is 5.13. The quantitative estimate of drug-likeness (QED) is 0.538. The fourth-order valence-electron chi connectivity index (χ4n) is 1.29. The third-order valence-corrected chi connectivity index (χ3v) is 2.06. The lowest BCUT2D eigenvalue weighted by atomic mass is 10.2. The molecule has 11 heavy (non-hydrogen) atoms. The van der Waals surface area contributed by atoms with Crippen LogP contribution in [-0.4, -0.2) is 33.7 Å². The summed E-state index contributed by atoms with van der Waals surface area (Å²) in [6.07, 6.45) is 1.50. The number of thiocarbonyl (C=S) groups is 1. The number of rotatable bonds is 1. The summed E-state index contributed by atoms with van der Waals surface area (Å²) in [6, 6.07) is -0.493. The van der Waals surface area contributed by atoms with E-state index in [4.69, 9.17) is 23.1 Å². The molecule has 5 heteroatoms. The Balaban J connectivity index is 2.65. The van der Waals surface area contributed by atoms with Gasteiger partial charge in [0.15, 0.2) is 5.11 Å². The van der Waals surface area contributed by atoms with E-state index in [1.54, 1.807) is 4.90 Å². The molecule has 1 fully saturated rings. The lowest BCUT2D eigenvalue weighted by Crippen LogP contribution is -2.43. The van der Waals surface area contributed by atoms with Gasteiger partial charge in [0, 0.05) is 6.54 Å². The summed E-state index contributed by atoms with van der Waals surface area (Å²) < 4.78 is 0. The second-order valence-electron chi connectivity index (χ2n) is 2.53. The largest absolute Gasteiger partial charge is 0.480 e. The number of carboxylic acids is 1. The Kier molecular flexibility index (Phi) is 2.28. The fraction of sp³-hybridized carbons (Fsp3) is 0.667. The molecule has 62 valence electrons. The van der Waals surface area contributed by atoms with Crippen molar-refractivity contribution in [1.29, 1.82) is 0 Å². The van der Waals surface area contributed by atoms with E-state index in [0.29, 0.717) is 13.0 Å². The van der Waals surface area contributed by atoms with Crippen LogP contribution in [0.1, 0.15) is 12.8 Å². The molecule has 0 aliphatic carbocycles. The van der Waals surface area contributed by atoms with Crippen molar-refractivity contribution in [3.8, 4) is 0 Å². The first-order valence-corrected chi connectivity index (χ1v) is 3.82. The van der Waals surface area contributed by atoms with Gasteiger partial charge < -0.3 is 15.7 Å². The van der Waals surface area contributed by atoms with Gasteiger partial charge in [0.25, 0.3) is 0 Å². The van der Waals surface area contributed by atoms with Gasteiger partial charge in [0.1, 0.15) is 6.04 Å². The van der Waals surface area contributed by atoms with Gasteiger partial charge >= 0.3 is 5.97 Å². The number of nitrogens with zero attached hydrogens (tertiary/aromatic N) is 1. The van der Waals surface area contributed by atoms with Crippen molar-refractivity contribution in [1.82, 2.24) is 4.90 Å². The van der Waals surface area contributed by atoms with Gasteiger partial charge in [-0.25, -0.2) is 4.79 Å². The Morgan fingerprint density at radius 3 is 2.73 bits per heavy atom. The summed E-state index contributed by atoms with van der Waals surface area (Å²) in [4.78, 5) is 12.1. The van der Waals surface area contributed by atoms with Gasteiger partial charge in [0.2, 0.25) is 0 Å². The van der Waals surface area contributed by atoms with Gasteiger partial charge in [0.05, 0.1) is 0 Å². The number of aliphatic carboxylic acids is 1. The highest BCUT2D eigenvalue weighted by Crippen LogP contribution is 2.16. The highest BCUT2D eigenvalue weighted by atomic mass is 32.1. The number of carbonyl (C=O) groups is 1. The second-order valence-corrected chi connectivity index (χ2v) is 2.95. The third kappa shape index (κ3) is 1.59. The van der Waals surface area contributed by atoms with Crippen LogP contribution < -0.4 is 5.73 Å². The van der Waals surface area contributed by atoms with Crippen LogP contribution in [-0.2, 0) is 4.79 Å². The zero-order chi connectivity index (χ0) is 8.43. The molecule has 0 radical (unpaired) electrons. The molecular formula is C6H10N2O2S. The minimum atomic E-state index is -0.838. The van der Waals surface area contributed by atoms with Crippen LogP contribution >= 0.6 is 12.2 Å². The zero-order valence-electron chi connectivity index (χ0n) is 5.99. The van der Waals surface area contributed by atoms with Crippen LogP contribution in [0, 0.1) is 0 Å². The Morgan fingerprint density at radius 1 is 1.73 bits per heavy atom. The van der Waals surface area contributed by atoms with E-state index in [0.717, 1.165) is 6.42 Å². The molecule has 3 N–H and O–H groups in total. The topological polar surface area (TPSA) is 66.6 Å². The van der Waals surface area contributed by atoms with Crippen LogP contribution in [0.2, 0.25) is 0 Å². The predicted molar refractivity (Wildman–Crippen MR) is 44.1 cm³/mol. The molecule has 0 spiro atoms. The maximum atomic E-state index is 10.6. The monoisotopic (exact) mass is 174 g/mol. The summed E-state index contributed by atoms with van der Waals surface area (Å²) in [5.74, 6) is -0.838. The first-order valence-electron chi connectivity index (χ1n) is 3.42. The summed E-state index contributed by atoms with van der Waals surface area (Å²) >= 11 is 4.69. The minimum Gasteiger partial charge on any atom is -0.480 e. The van der Waals surface area contributed by atoms with Gasteiger partial charge in [-0.15, -0.1) is 0 Å². The average molecular weight is 174 g/mol. The van der Waals surface area contributed by atoms with Crippen LogP contribution in [0.25, 0.3) is 0 Å². The van der Waals surface area contributed by atoms with Crippen LogP contribution in [0.4, 0.5) is 0 Å². The van der Waals surface area contributed by atoms with E-state index < -0.39 is 12.0 Å². The molecule has 1 heterocycles. The van der Waals surface area contributed by atoms with E-state index in [9.17, 15) is 4.79 Å². The van der Waals surface area contributed by atoms with Crippen LogP contribution in [0.3, 0.4) is 0 Å². The van der Waals surface area contributed by atoms with E-state index in [2.05, 4.69) is 0 Å². The van der Waals surface area contributed by atoms with E-state index in [-0.39, 0.29) is 5.11 Å². The van der Waals surface area contributed by atoms with Gasteiger partial charge in [-0.2, -0.15) is 0 Å². The summed E-state index contributed by atoms with van der Waals surface area (Å²) in [7, 11) is 0. The third-order valence-electron chi connectivity index (χ3n) is 1.82. The number of carboxylic acid groups (broad SMARTS) is 1. The van der Waals surface area contributed by atoms with Crippen molar-refractivity contribution in [2.75, 3.05) is 6.54 Å². The zero-order valence-corrected chi connectivity index (χ0v) is 6.80. The molecule has 0 saturated carbocycles. The number of hydrogen-bond donors (Lipinski definition) is 2. The molecule has 1 atom stereocenters. The van der Waals surface area contributed by atoms with E-state index >= 15 is 0 Å². The summed E-state index contributed by atoms with van der Waals surface area (Å²) in [5, 5.41) is 8.87. The van der Waals surface area contributed by atoms with Crippen molar-refractivity contribution in [2.45, 2.75) is 18.9 Å². The molecule has 1 rings (SSSR count). The Labute approximate surface area is 70.0 Å². The summed E-state index contributed by atoms with van der Waals surface area (Å²) in [5.41, 5.74) is 5.32. The highest BCUT2D eigenvalue weighted by molar-refractivity contribution is 7.80. The van der Waals surface area contributed by atoms with Gasteiger partial charge in [-0.3, -0.25) is 0 Å². The molecule has 0 aromatic heterocycles. The number of likely N-dealkylation sites (tertiary alicyclic amines) is 1. The molecule has 1 aliphatic rings. The van der Waals surface area contributed by atoms with Crippen molar-refractivity contribution in [3.05, 3.63) is 0 Å². The molecular weight excluding hydrogens is 164 g/mol. The van der Waals surface area contributed by atoms with Crippen molar-refractivity contribution < 1.29 is 9.90 Å². The van der Waals surface area contributed by atoms with Crippen molar-refractivity contribution >= 4 is 23.3 Å². The second kappa shape index (κ2) is 3.04. The van der Waals surface area contributed by atoms with Crippen LogP contribution in [0.15, 0.2) is 0 Å². The maximum absolute atomic E-state index is 10.6. The van der Waals surface area contributed by atoms with E-state index in [1.807, 2.05) is 0 Å². The molecule has 0 aromatic rings. The van der Waals surface area contributed by atoms with Gasteiger partial charge in [-0.05, 0) is 25.1 Å². The predicted octanol–water partition coefficient (Wildman–Crippen LogP) is -0.221. The Morgan fingerprint density at radius 2 is 2.36 bits per heavy atom. The first kappa shape index (κ1) is 8.26. The molecule has 1 aliphatic heterocycles. The van der Waals surface area contributed by atoms with Crippen molar-refractivity contribution in [3.63, 3.8) is 0 Å². The molecule has 4 nitrogen and oxygen atoms in total. The maximum Gasteiger partial charge on any atom is 0.326 e.